The van der Waals surface area contributed by atoms with Gasteiger partial charge in [-0.1, -0.05) is 0 Å². The molecule has 3 nitrogen and oxygen atoms in total. The normalized spacial score (nSPS) is 37.8. The highest BCUT2D eigenvalue weighted by molar-refractivity contribution is 4.82. The molecular weight excluding hydrogens is 152 g/mol. The van der Waals surface area contributed by atoms with Gasteiger partial charge in [-0.15, -0.1) is 0 Å². The highest BCUT2D eigenvalue weighted by atomic mass is 16.5. The van der Waals surface area contributed by atoms with Gasteiger partial charge >= 0.3 is 0 Å². The Morgan fingerprint density at radius 2 is 2.00 bits per heavy atom. The minimum atomic E-state index is 0.283. The summed E-state index contributed by atoms with van der Waals surface area (Å²) in [6, 6.07) is 0.283. The third kappa shape index (κ3) is 1.79. The summed E-state index contributed by atoms with van der Waals surface area (Å²) in [5.41, 5.74) is 5.91. The lowest BCUT2D eigenvalue weighted by Gasteiger charge is -2.20. The number of nitrogens with zero attached hydrogens (tertiary/aromatic N) is 1. The molecule has 2 unspecified atom stereocenters. The van der Waals surface area contributed by atoms with Crippen molar-refractivity contribution in [2.24, 2.45) is 11.7 Å². The van der Waals surface area contributed by atoms with Crippen molar-refractivity contribution in [2.75, 3.05) is 32.8 Å². The van der Waals surface area contributed by atoms with Crippen LogP contribution in [0.15, 0.2) is 0 Å². The number of rotatable bonds is 2. The molecule has 12 heavy (non-hydrogen) atoms. The maximum absolute atomic E-state index is 5.91. The smallest absolute Gasteiger partial charge is 0.0621 e. The molecule has 2 aliphatic rings. The number of hydrogen-bond acceptors (Lipinski definition) is 3. The van der Waals surface area contributed by atoms with Gasteiger partial charge in [-0.3, -0.25) is 0 Å². The van der Waals surface area contributed by atoms with Crippen LogP contribution in [0, 0.1) is 5.92 Å². The Balaban J connectivity index is 1.77. The van der Waals surface area contributed by atoms with Gasteiger partial charge in [0.15, 0.2) is 0 Å². The van der Waals surface area contributed by atoms with Gasteiger partial charge in [0.2, 0.25) is 0 Å². The zero-order valence-corrected chi connectivity index (χ0v) is 7.54. The molecule has 0 amide bonds. The first kappa shape index (κ1) is 8.48. The average molecular weight is 170 g/mol. The third-order valence-corrected chi connectivity index (χ3v) is 2.94. The minimum Gasteiger partial charge on any atom is -0.379 e. The zero-order valence-electron chi connectivity index (χ0n) is 7.54. The SMILES string of the molecule is NC1COCC1CN1CCCC1. The first-order valence-corrected chi connectivity index (χ1v) is 4.92. The molecule has 2 heterocycles. The fourth-order valence-corrected chi connectivity index (χ4v) is 2.10. The van der Waals surface area contributed by atoms with Crippen molar-refractivity contribution in [3.05, 3.63) is 0 Å². The van der Waals surface area contributed by atoms with Crippen LogP contribution < -0.4 is 5.73 Å². The number of hydrogen-bond donors (Lipinski definition) is 1. The van der Waals surface area contributed by atoms with Crippen molar-refractivity contribution in [1.82, 2.24) is 4.90 Å². The Kier molecular flexibility index (Phi) is 2.63. The number of likely N-dealkylation sites (tertiary alicyclic amines) is 1. The Labute approximate surface area is 73.9 Å². The molecule has 3 heteroatoms. The molecule has 70 valence electrons. The average Bonchev–Trinajstić information content (AvgIpc) is 2.65. The molecule has 2 rings (SSSR count). The van der Waals surface area contributed by atoms with E-state index < -0.39 is 0 Å². The monoisotopic (exact) mass is 170 g/mol. The van der Waals surface area contributed by atoms with E-state index >= 15 is 0 Å². The maximum atomic E-state index is 5.91. The quantitative estimate of drug-likeness (QED) is 0.636. The predicted molar refractivity (Wildman–Crippen MR) is 48.0 cm³/mol. The van der Waals surface area contributed by atoms with Gasteiger partial charge in [-0.25, -0.2) is 0 Å². The lowest BCUT2D eigenvalue weighted by Crippen LogP contribution is -2.37. The highest BCUT2D eigenvalue weighted by Crippen LogP contribution is 2.16. The van der Waals surface area contributed by atoms with Gasteiger partial charge in [-0.05, 0) is 25.9 Å². The summed E-state index contributed by atoms with van der Waals surface area (Å²) in [4.78, 5) is 2.51. The van der Waals surface area contributed by atoms with E-state index in [-0.39, 0.29) is 6.04 Å². The molecule has 0 bridgehead atoms. The molecule has 0 aliphatic carbocycles. The van der Waals surface area contributed by atoms with Gasteiger partial charge in [0.25, 0.3) is 0 Å². The molecule has 0 saturated carbocycles. The van der Waals surface area contributed by atoms with Crippen LogP contribution in [-0.2, 0) is 4.74 Å². The standard InChI is InChI=1S/C9H18N2O/c10-9-7-12-6-8(9)5-11-3-1-2-4-11/h8-9H,1-7,10H2. The van der Waals surface area contributed by atoms with Crippen LogP contribution in [0.5, 0.6) is 0 Å². The molecule has 0 spiro atoms. The second kappa shape index (κ2) is 3.73. The molecular formula is C9H18N2O. The fourth-order valence-electron chi connectivity index (χ4n) is 2.10. The molecule has 2 atom stereocenters. The van der Waals surface area contributed by atoms with Crippen LogP contribution in [0.1, 0.15) is 12.8 Å². The first-order valence-electron chi connectivity index (χ1n) is 4.92. The van der Waals surface area contributed by atoms with Crippen molar-refractivity contribution < 1.29 is 4.74 Å². The van der Waals surface area contributed by atoms with Crippen LogP contribution in [0.2, 0.25) is 0 Å². The molecule has 0 radical (unpaired) electrons. The van der Waals surface area contributed by atoms with Gasteiger partial charge in [0.1, 0.15) is 0 Å². The summed E-state index contributed by atoms with van der Waals surface area (Å²) in [5, 5.41) is 0. The van der Waals surface area contributed by atoms with E-state index in [0.29, 0.717) is 5.92 Å². The van der Waals surface area contributed by atoms with Crippen molar-refractivity contribution in [3.8, 4) is 0 Å². The van der Waals surface area contributed by atoms with Gasteiger partial charge in [0, 0.05) is 18.5 Å². The van der Waals surface area contributed by atoms with E-state index in [0.717, 1.165) is 19.8 Å². The van der Waals surface area contributed by atoms with E-state index in [4.69, 9.17) is 10.5 Å². The van der Waals surface area contributed by atoms with Crippen LogP contribution in [0.25, 0.3) is 0 Å². The second-order valence-electron chi connectivity index (χ2n) is 3.97. The van der Waals surface area contributed by atoms with E-state index in [9.17, 15) is 0 Å². The van der Waals surface area contributed by atoms with Crippen molar-refractivity contribution in [1.29, 1.82) is 0 Å². The van der Waals surface area contributed by atoms with Crippen LogP contribution >= 0.6 is 0 Å². The first-order chi connectivity index (χ1) is 5.86. The molecule has 2 aliphatic heterocycles. The van der Waals surface area contributed by atoms with Crippen LogP contribution in [0.3, 0.4) is 0 Å². The summed E-state index contributed by atoms with van der Waals surface area (Å²) in [5.74, 6) is 0.586. The molecule has 2 fully saturated rings. The summed E-state index contributed by atoms with van der Waals surface area (Å²) >= 11 is 0. The lowest BCUT2D eigenvalue weighted by atomic mass is 10.0. The Bertz CT molecular complexity index is 145. The lowest BCUT2D eigenvalue weighted by molar-refractivity contribution is 0.173. The number of nitrogens with two attached hydrogens (primary N) is 1. The Morgan fingerprint density at radius 1 is 1.25 bits per heavy atom. The topological polar surface area (TPSA) is 38.5 Å². The summed E-state index contributed by atoms with van der Waals surface area (Å²) < 4.78 is 5.33. The van der Waals surface area contributed by atoms with Crippen molar-refractivity contribution >= 4 is 0 Å². The molecule has 0 aromatic carbocycles. The Hall–Kier alpha value is -0.120. The summed E-state index contributed by atoms with van der Waals surface area (Å²) in [6.07, 6.45) is 2.73. The van der Waals surface area contributed by atoms with E-state index in [1.165, 1.54) is 25.9 Å². The van der Waals surface area contributed by atoms with Crippen molar-refractivity contribution in [3.63, 3.8) is 0 Å². The van der Waals surface area contributed by atoms with Crippen LogP contribution in [-0.4, -0.2) is 43.8 Å². The Morgan fingerprint density at radius 3 is 2.58 bits per heavy atom. The molecule has 2 N–H and O–H groups in total. The van der Waals surface area contributed by atoms with Gasteiger partial charge < -0.3 is 15.4 Å². The minimum absolute atomic E-state index is 0.283. The predicted octanol–water partition coefficient (Wildman–Crippen LogP) is 0.0559. The highest BCUT2D eigenvalue weighted by Gasteiger charge is 2.27. The molecule has 2 saturated heterocycles. The van der Waals surface area contributed by atoms with Crippen LogP contribution in [0.4, 0.5) is 0 Å². The van der Waals surface area contributed by atoms with E-state index in [1.54, 1.807) is 0 Å². The van der Waals surface area contributed by atoms with E-state index in [2.05, 4.69) is 4.90 Å². The number of ether oxygens (including phenoxy) is 1. The summed E-state index contributed by atoms with van der Waals surface area (Å²) in [6.45, 7) is 5.32. The largest absolute Gasteiger partial charge is 0.379 e. The van der Waals surface area contributed by atoms with Gasteiger partial charge in [0.05, 0.1) is 13.2 Å². The van der Waals surface area contributed by atoms with Crippen molar-refractivity contribution in [2.45, 2.75) is 18.9 Å². The molecule has 0 aromatic rings. The zero-order chi connectivity index (χ0) is 8.39. The van der Waals surface area contributed by atoms with Gasteiger partial charge in [-0.2, -0.15) is 0 Å². The molecule has 0 aromatic heterocycles. The summed E-state index contributed by atoms with van der Waals surface area (Å²) in [7, 11) is 0. The second-order valence-corrected chi connectivity index (χ2v) is 3.97. The third-order valence-electron chi connectivity index (χ3n) is 2.94. The maximum Gasteiger partial charge on any atom is 0.0621 e. The fraction of sp³-hybridized carbons (Fsp3) is 1.00. The van der Waals surface area contributed by atoms with E-state index in [1.807, 2.05) is 0 Å².